The van der Waals surface area contributed by atoms with Crippen molar-refractivity contribution in [2.45, 2.75) is 13.8 Å². The molecule has 0 radical (unpaired) electrons. The van der Waals surface area contributed by atoms with Gasteiger partial charge in [0, 0.05) is 18.8 Å². The number of ether oxygens (including phenoxy) is 1. The van der Waals surface area contributed by atoms with Gasteiger partial charge in [-0.3, -0.25) is 4.79 Å². The van der Waals surface area contributed by atoms with E-state index in [1.165, 1.54) is 6.07 Å². The van der Waals surface area contributed by atoms with Crippen LogP contribution in [0.2, 0.25) is 0 Å². The van der Waals surface area contributed by atoms with Crippen LogP contribution in [0.5, 0.6) is 11.5 Å². The van der Waals surface area contributed by atoms with Gasteiger partial charge in [-0.15, -0.1) is 0 Å². The minimum Gasteiger partial charge on any atom is -0.507 e. The molecule has 3 rings (SSSR count). The van der Waals surface area contributed by atoms with Crippen LogP contribution in [0, 0.1) is 3.57 Å². The van der Waals surface area contributed by atoms with Crippen LogP contribution >= 0.6 is 22.6 Å². The van der Waals surface area contributed by atoms with Gasteiger partial charge in [0.05, 0.1) is 9.13 Å². The quantitative estimate of drug-likeness (QED) is 0.569. The lowest BCUT2D eigenvalue weighted by atomic mass is 10.1. The lowest BCUT2D eigenvalue weighted by Crippen LogP contribution is -2.21. The topological polar surface area (TPSA) is 49.8 Å². The molecule has 1 aliphatic heterocycles. The zero-order valence-corrected chi connectivity index (χ0v) is 15.7. The fourth-order valence-electron chi connectivity index (χ4n) is 2.75. The highest BCUT2D eigenvalue weighted by Crippen LogP contribution is 2.38. The molecule has 4 nitrogen and oxygen atoms in total. The first kappa shape index (κ1) is 16.8. The average molecular weight is 435 g/mol. The van der Waals surface area contributed by atoms with Gasteiger partial charge >= 0.3 is 0 Å². The Morgan fingerprint density at radius 1 is 1.12 bits per heavy atom. The van der Waals surface area contributed by atoms with E-state index in [4.69, 9.17) is 4.74 Å². The van der Waals surface area contributed by atoms with Gasteiger partial charge in [-0.2, -0.15) is 0 Å². The molecule has 0 amide bonds. The first-order valence-corrected chi connectivity index (χ1v) is 8.93. The summed E-state index contributed by atoms with van der Waals surface area (Å²) in [5.41, 5.74) is 2.49. The number of halogens is 1. The standard InChI is InChI=1S/C19H18INO3/c1-3-21(4-2)13-7-5-12(6-8-13)11-16-19(23)17-15(24-16)10-9-14(22)18(17)20/h5-11,22H,3-4H2,1-2H3/b16-11-. The predicted octanol–water partition coefficient (Wildman–Crippen LogP) is 4.46. The summed E-state index contributed by atoms with van der Waals surface area (Å²) in [6, 6.07) is 11.2. The Morgan fingerprint density at radius 2 is 1.79 bits per heavy atom. The summed E-state index contributed by atoms with van der Waals surface area (Å²) < 4.78 is 6.19. The van der Waals surface area contributed by atoms with Gasteiger partial charge in [0.2, 0.25) is 5.78 Å². The number of hydrogen-bond donors (Lipinski definition) is 1. The van der Waals surface area contributed by atoms with Crippen molar-refractivity contribution < 1.29 is 14.6 Å². The van der Waals surface area contributed by atoms with Crippen molar-refractivity contribution in [2.24, 2.45) is 0 Å². The summed E-state index contributed by atoms with van der Waals surface area (Å²) in [7, 11) is 0. The van der Waals surface area contributed by atoms with Crippen LogP contribution in [-0.4, -0.2) is 24.0 Å². The van der Waals surface area contributed by atoms with Gasteiger partial charge in [0.25, 0.3) is 0 Å². The molecular weight excluding hydrogens is 417 g/mol. The molecule has 0 saturated carbocycles. The van der Waals surface area contributed by atoms with E-state index in [0.717, 1.165) is 24.3 Å². The SMILES string of the molecule is CCN(CC)c1ccc(/C=C2\Oc3ccc(O)c(I)c3C2=O)cc1. The summed E-state index contributed by atoms with van der Waals surface area (Å²) in [6.07, 6.45) is 1.74. The fraction of sp³-hybridized carbons (Fsp3) is 0.211. The van der Waals surface area contributed by atoms with E-state index < -0.39 is 0 Å². The Hall–Kier alpha value is -2.02. The number of rotatable bonds is 4. The Bertz CT molecular complexity index is 808. The molecule has 1 aliphatic rings. The largest absolute Gasteiger partial charge is 0.507 e. The number of hydrogen-bond acceptors (Lipinski definition) is 4. The lowest BCUT2D eigenvalue weighted by molar-refractivity contribution is 0.101. The molecule has 1 heterocycles. The van der Waals surface area contributed by atoms with Crippen molar-refractivity contribution in [1.82, 2.24) is 0 Å². The fourth-order valence-corrected chi connectivity index (χ4v) is 3.44. The Kier molecular flexibility index (Phi) is 4.80. The van der Waals surface area contributed by atoms with Crippen LogP contribution in [0.1, 0.15) is 29.8 Å². The molecule has 0 unspecified atom stereocenters. The van der Waals surface area contributed by atoms with Gasteiger partial charge in [0.1, 0.15) is 11.5 Å². The molecule has 24 heavy (non-hydrogen) atoms. The number of carbonyl (C=O) groups is 1. The minimum absolute atomic E-state index is 0.0936. The number of fused-ring (bicyclic) bond motifs is 1. The molecule has 124 valence electrons. The molecule has 2 aromatic carbocycles. The molecule has 0 bridgehead atoms. The Labute approximate surface area is 154 Å². The monoisotopic (exact) mass is 435 g/mol. The van der Waals surface area contributed by atoms with E-state index in [1.54, 1.807) is 12.1 Å². The summed E-state index contributed by atoms with van der Waals surface area (Å²) in [4.78, 5) is 14.8. The third kappa shape index (κ3) is 3.00. The molecule has 0 aliphatic carbocycles. The van der Waals surface area contributed by atoms with Crippen LogP contribution in [0.15, 0.2) is 42.2 Å². The van der Waals surface area contributed by atoms with Gasteiger partial charge in [-0.1, -0.05) is 12.1 Å². The van der Waals surface area contributed by atoms with Crippen molar-refractivity contribution >= 4 is 40.1 Å². The number of nitrogens with zero attached hydrogens (tertiary/aromatic N) is 1. The normalized spacial score (nSPS) is 14.6. The zero-order valence-electron chi connectivity index (χ0n) is 13.5. The van der Waals surface area contributed by atoms with Crippen LogP contribution in [-0.2, 0) is 0 Å². The first-order chi connectivity index (χ1) is 11.5. The second-order valence-electron chi connectivity index (χ2n) is 5.48. The van der Waals surface area contributed by atoms with E-state index in [1.807, 2.05) is 46.9 Å². The van der Waals surface area contributed by atoms with Gasteiger partial charge in [-0.25, -0.2) is 0 Å². The Balaban J connectivity index is 1.88. The number of benzene rings is 2. The van der Waals surface area contributed by atoms with Crippen molar-refractivity contribution in [3.8, 4) is 11.5 Å². The highest BCUT2D eigenvalue weighted by atomic mass is 127. The maximum atomic E-state index is 12.5. The third-order valence-electron chi connectivity index (χ3n) is 4.07. The number of carbonyl (C=O) groups excluding carboxylic acids is 1. The number of anilines is 1. The molecule has 0 saturated heterocycles. The van der Waals surface area contributed by atoms with Gasteiger partial charge < -0.3 is 14.7 Å². The van der Waals surface area contributed by atoms with Crippen molar-refractivity contribution in [3.05, 3.63) is 56.9 Å². The maximum Gasteiger partial charge on any atom is 0.233 e. The molecule has 2 aromatic rings. The number of phenols is 1. The van der Waals surface area contributed by atoms with Crippen molar-refractivity contribution in [3.63, 3.8) is 0 Å². The number of Topliss-reactive ketones (excluding diaryl/α,β-unsaturated/α-hetero) is 1. The second kappa shape index (κ2) is 6.84. The van der Waals surface area contributed by atoms with Gasteiger partial charge in [-0.05, 0) is 72.3 Å². The van der Waals surface area contributed by atoms with E-state index in [9.17, 15) is 9.90 Å². The van der Waals surface area contributed by atoms with E-state index in [-0.39, 0.29) is 17.3 Å². The minimum atomic E-state index is -0.196. The summed E-state index contributed by atoms with van der Waals surface area (Å²) in [5.74, 6) is 0.673. The molecule has 0 fully saturated rings. The summed E-state index contributed by atoms with van der Waals surface area (Å²) in [5, 5.41) is 9.77. The zero-order chi connectivity index (χ0) is 17.3. The number of allylic oxidation sites excluding steroid dienone is 1. The molecule has 0 spiro atoms. The van der Waals surface area contributed by atoms with Crippen LogP contribution in [0.3, 0.4) is 0 Å². The van der Waals surface area contributed by atoms with Crippen LogP contribution in [0.25, 0.3) is 6.08 Å². The van der Waals surface area contributed by atoms with Crippen LogP contribution in [0.4, 0.5) is 5.69 Å². The Morgan fingerprint density at radius 3 is 2.42 bits per heavy atom. The van der Waals surface area contributed by atoms with Crippen molar-refractivity contribution in [2.75, 3.05) is 18.0 Å². The number of aromatic hydroxyl groups is 1. The van der Waals surface area contributed by atoms with Gasteiger partial charge in [0.15, 0.2) is 5.76 Å². The predicted molar refractivity (Wildman–Crippen MR) is 104 cm³/mol. The van der Waals surface area contributed by atoms with E-state index in [0.29, 0.717) is 14.9 Å². The lowest BCUT2D eigenvalue weighted by Gasteiger charge is -2.20. The summed E-state index contributed by atoms with van der Waals surface area (Å²) in [6.45, 7) is 6.16. The first-order valence-electron chi connectivity index (χ1n) is 7.85. The number of ketones is 1. The summed E-state index contributed by atoms with van der Waals surface area (Å²) >= 11 is 1.96. The molecule has 0 aromatic heterocycles. The second-order valence-corrected chi connectivity index (χ2v) is 6.55. The molecule has 5 heteroatoms. The number of phenolic OH excluding ortho intramolecular Hbond substituents is 1. The molecule has 0 atom stereocenters. The maximum absolute atomic E-state index is 12.5. The molecule has 1 N–H and O–H groups in total. The highest BCUT2D eigenvalue weighted by Gasteiger charge is 2.30. The van der Waals surface area contributed by atoms with E-state index in [2.05, 4.69) is 18.7 Å². The van der Waals surface area contributed by atoms with Crippen LogP contribution < -0.4 is 9.64 Å². The average Bonchev–Trinajstić information content (AvgIpc) is 2.90. The third-order valence-corrected chi connectivity index (χ3v) is 5.17. The smallest absolute Gasteiger partial charge is 0.233 e. The van der Waals surface area contributed by atoms with E-state index >= 15 is 0 Å². The van der Waals surface area contributed by atoms with Crippen molar-refractivity contribution in [1.29, 1.82) is 0 Å². The highest BCUT2D eigenvalue weighted by molar-refractivity contribution is 14.1. The molecular formula is C19H18INO3.